The van der Waals surface area contributed by atoms with Crippen LogP contribution in [0.3, 0.4) is 0 Å². The Kier molecular flexibility index (Phi) is 8.88. The van der Waals surface area contributed by atoms with Crippen molar-refractivity contribution in [3.63, 3.8) is 0 Å². The number of rotatable bonds is 9. The molecule has 252 valence electrons. The third-order valence-corrected chi connectivity index (χ3v) is 10.9. The second-order valence-electron chi connectivity index (χ2n) is 13.0. The summed E-state index contributed by atoms with van der Waals surface area (Å²) >= 11 is 12.7. The number of hydrogen-bond donors (Lipinski definition) is 2. The average Bonchev–Trinajstić information content (AvgIpc) is 3.73. The zero-order valence-corrected chi connectivity index (χ0v) is 29.1. The number of hydrogen-bond acceptors (Lipinski definition) is 8. The third kappa shape index (κ3) is 6.32. The van der Waals surface area contributed by atoms with Crippen molar-refractivity contribution in [1.82, 2.24) is 29.1 Å². The highest BCUT2D eigenvalue weighted by atomic mass is 35.5. The maximum atomic E-state index is 14.5. The molecule has 2 aromatic carbocycles. The minimum absolute atomic E-state index is 0.0439. The summed E-state index contributed by atoms with van der Waals surface area (Å²) in [7, 11) is -4.36. The molecule has 48 heavy (non-hydrogen) atoms. The molecule has 0 spiro atoms. The van der Waals surface area contributed by atoms with Crippen molar-refractivity contribution in [3.05, 3.63) is 82.5 Å². The average molecular weight is 713 g/mol. The number of nitrogens with one attached hydrogen (secondary N) is 1. The van der Waals surface area contributed by atoms with E-state index in [2.05, 4.69) is 20.3 Å². The van der Waals surface area contributed by atoms with Gasteiger partial charge in [-0.1, -0.05) is 47.5 Å². The molecule has 12 nitrogen and oxygen atoms in total. The highest BCUT2D eigenvalue weighted by Crippen LogP contribution is 2.45. The smallest absolute Gasteiger partial charge is 0.261 e. The van der Waals surface area contributed by atoms with Crippen LogP contribution in [0.2, 0.25) is 10.0 Å². The lowest BCUT2D eigenvalue weighted by molar-refractivity contribution is -0.125. The Bertz CT molecular complexity index is 1980. The molecule has 2 unspecified atom stereocenters. The number of carbonyl (C=O) groups is 2. The van der Waals surface area contributed by atoms with Crippen molar-refractivity contribution in [2.24, 2.45) is 0 Å². The summed E-state index contributed by atoms with van der Waals surface area (Å²) in [4.78, 5) is 42.0. The Morgan fingerprint density at radius 3 is 2.31 bits per heavy atom. The topological polar surface area (TPSA) is 151 Å². The lowest BCUT2D eigenvalue weighted by Gasteiger charge is -2.29. The van der Waals surface area contributed by atoms with Crippen LogP contribution < -0.4 is 10.2 Å². The molecule has 2 atom stereocenters. The van der Waals surface area contributed by atoms with Crippen LogP contribution in [0.5, 0.6) is 0 Å². The molecule has 4 aromatic rings. The van der Waals surface area contributed by atoms with Crippen LogP contribution in [-0.2, 0) is 31.6 Å². The van der Waals surface area contributed by atoms with Crippen LogP contribution in [-0.4, -0.2) is 73.9 Å². The first-order valence-electron chi connectivity index (χ1n) is 15.4. The molecule has 2 aliphatic heterocycles. The molecular formula is C33H35Cl2N7O5S. The van der Waals surface area contributed by atoms with E-state index in [1.54, 1.807) is 45.3 Å². The molecular weight excluding hydrogens is 677 g/mol. The minimum Gasteiger partial charge on any atom is -0.389 e. The van der Waals surface area contributed by atoms with Gasteiger partial charge in [0.05, 0.1) is 17.5 Å². The van der Waals surface area contributed by atoms with Crippen LogP contribution in [0.25, 0.3) is 11.1 Å². The Morgan fingerprint density at radius 1 is 1.04 bits per heavy atom. The monoisotopic (exact) mass is 711 g/mol. The van der Waals surface area contributed by atoms with Gasteiger partial charge >= 0.3 is 0 Å². The molecule has 6 rings (SSSR count). The number of fused-ring (bicyclic) bond motifs is 1. The van der Waals surface area contributed by atoms with Gasteiger partial charge in [-0.25, -0.2) is 28.3 Å². The molecule has 0 aliphatic carbocycles. The predicted octanol–water partition coefficient (Wildman–Crippen LogP) is 4.63. The van der Waals surface area contributed by atoms with Crippen LogP contribution in [0.1, 0.15) is 45.0 Å². The van der Waals surface area contributed by atoms with Gasteiger partial charge in [0, 0.05) is 47.5 Å². The van der Waals surface area contributed by atoms with E-state index in [1.807, 2.05) is 31.2 Å². The van der Waals surface area contributed by atoms with E-state index in [9.17, 15) is 23.1 Å². The van der Waals surface area contributed by atoms with Crippen molar-refractivity contribution in [1.29, 1.82) is 0 Å². The number of aryl methyl sites for hydroxylation is 1. The van der Waals surface area contributed by atoms with E-state index >= 15 is 0 Å². The second kappa shape index (κ2) is 12.5. The van der Waals surface area contributed by atoms with Gasteiger partial charge in [-0.15, -0.1) is 0 Å². The standard InChI is InChI=1S/C33H35Cl2N7O5S/c1-20-36-16-23(17-37-20)22-9-7-21(8-10-22)15-33(4)30(44)41(26-13-24(34)12-25(35)14-26)31-38-18-28(42(31)33)48(46,47)40-11-5-6-27(40)29(43)39-19-32(2,3)45/h7-10,12-14,16-18,27,45H,5-6,11,15,19H2,1-4H3,(H,39,43). The Hall–Kier alpha value is -3.88. The van der Waals surface area contributed by atoms with Gasteiger partial charge < -0.3 is 10.4 Å². The number of amides is 2. The van der Waals surface area contributed by atoms with Gasteiger partial charge in [-0.05, 0) is 69.9 Å². The number of aromatic nitrogens is 4. The Morgan fingerprint density at radius 2 is 1.69 bits per heavy atom. The summed E-state index contributed by atoms with van der Waals surface area (Å²) in [6.07, 6.45) is 5.57. The summed E-state index contributed by atoms with van der Waals surface area (Å²) < 4.78 is 31.5. The van der Waals surface area contributed by atoms with Crippen molar-refractivity contribution < 1.29 is 23.1 Å². The van der Waals surface area contributed by atoms with Crippen LogP contribution in [0.4, 0.5) is 11.6 Å². The fourth-order valence-electron chi connectivity index (χ4n) is 6.20. The third-order valence-electron chi connectivity index (χ3n) is 8.56. The van der Waals surface area contributed by atoms with Gasteiger partial charge in [0.1, 0.15) is 17.4 Å². The fourth-order valence-corrected chi connectivity index (χ4v) is 8.56. The predicted molar refractivity (Wildman–Crippen MR) is 182 cm³/mol. The van der Waals surface area contributed by atoms with Crippen molar-refractivity contribution in [2.75, 3.05) is 18.0 Å². The molecule has 15 heteroatoms. The number of halogens is 2. The quantitative estimate of drug-likeness (QED) is 0.255. The maximum absolute atomic E-state index is 14.5. The summed E-state index contributed by atoms with van der Waals surface area (Å²) in [5, 5.41) is 13.1. The molecule has 2 aromatic heterocycles. The molecule has 2 N–H and O–H groups in total. The van der Waals surface area contributed by atoms with E-state index in [1.165, 1.54) is 21.7 Å². The largest absolute Gasteiger partial charge is 0.389 e. The number of benzene rings is 2. The summed E-state index contributed by atoms with van der Waals surface area (Å²) in [6.45, 7) is 6.64. The molecule has 4 heterocycles. The van der Waals surface area contributed by atoms with Gasteiger partial charge in [-0.2, -0.15) is 4.31 Å². The first-order valence-corrected chi connectivity index (χ1v) is 17.6. The van der Waals surface area contributed by atoms with Gasteiger partial charge in [0.25, 0.3) is 15.9 Å². The molecule has 1 saturated heterocycles. The summed E-state index contributed by atoms with van der Waals surface area (Å²) in [6, 6.07) is 11.2. The fraction of sp³-hybridized carbons (Fsp3) is 0.364. The lowest BCUT2D eigenvalue weighted by atomic mass is 9.91. The zero-order chi connectivity index (χ0) is 34.6. The van der Waals surface area contributed by atoms with E-state index < -0.39 is 39.0 Å². The number of nitrogens with zero attached hydrogens (tertiary/aromatic N) is 6. The molecule has 0 saturated carbocycles. The van der Waals surface area contributed by atoms with Crippen LogP contribution in [0.15, 0.2) is 66.1 Å². The number of anilines is 2. The number of aliphatic hydroxyl groups is 1. The van der Waals surface area contributed by atoms with Gasteiger partial charge in [0.15, 0.2) is 5.03 Å². The number of sulfonamides is 1. The number of imidazole rings is 1. The number of carbonyl (C=O) groups excluding carboxylic acids is 2. The van der Waals surface area contributed by atoms with Gasteiger partial charge in [0.2, 0.25) is 11.9 Å². The molecule has 2 amide bonds. The first-order chi connectivity index (χ1) is 22.6. The second-order valence-corrected chi connectivity index (χ2v) is 15.7. The highest BCUT2D eigenvalue weighted by Gasteiger charge is 2.53. The molecule has 0 radical (unpaired) electrons. The normalized spacial score (nSPS) is 19.9. The zero-order valence-electron chi connectivity index (χ0n) is 26.8. The van der Waals surface area contributed by atoms with Crippen molar-refractivity contribution in [3.8, 4) is 11.1 Å². The molecule has 2 aliphatic rings. The van der Waals surface area contributed by atoms with Crippen molar-refractivity contribution in [2.45, 2.75) is 69.2 Å². The van der Waals surface area contributed by atoms with E-state index in [4.69, 9.17) is 23.2 Å². The minimum atomic E-state index is -4.36. The van der Waals surface area contributed by atoms with Crippen LogP contribution >= 0.6 is 23.2 Å². The Balaban J connectivity index is 1.41. The van der Waals surface area contributed by atoms with Gasteiger partial charge in [-0.3, -0.25) is 14.2 Å². The molecule has 1 fully saturated rings. The summed E-state index contributed by atoms with van der Waals surface area (Å²) in [5.41, 5.74) is 0.169. The van der Waals surface area contributed by atoms with Crippen LogP contribution in [0, 0.1) is 6.92 Å². The first kappa shape index (κ1) is 34.0. The SMILES string of the molecule is Cc1ncc(-c2ccc(CC3(C)C(=O)N(c4cc(Cl)cc(Cl)c4)c4ncc(S(=O)(=O)N5CCCC5C(=O)NCC(C)(C)O)n43)cc2)cn1. The van der Waals surface area contributed by atoms with Crippen molar-refractivity contribution >= 4 is 56.7 Å². The summed E-state index contributed by atoms with van der Waals surface area (Å²) in [5.74, 6) is -0.203. The maximum Gasteiger partial charge on any atom is 0.261 e. The van der Waals surface area contributed by atoms with E-state index in [0.29, 0.717) is 24.4 Å². The van der Waals surface area contributed by atoms with E-state index in [0.717, 1.165) is 21.0 Å². The van der Waals surface area contributed by atoms with E-state index in [-0.39, 0.29) is 40.5 Å². The highest BCUT2D eigenvalue weighted by molar-refractivity contribution is 7.89. The lowest BCUT2D eigenvalue weighted by Crippen LogP contribution is -2.49. The Labute approximate surface area is 288 Å². The molecule has 0 bridgehead atoms.